The summed E-state index contributed by atoms with van der Waals surface area (Å²) in [4.78, 5) is 22.4. The first-order valence-corrected chi connectivity index (χ1v) is 7.84. The van der Waals surface area contributed by atoms with Gasteiger partial charge in [0.25, 0.3) is 11.6 Å². The molecule has 1 amide bonds. The Balaban J connectivity index is 2.14. The van der Waals surface area contributed by atoms with Gasteiger partial charge in [-0.3, -0.25) is 14.9 Å². The molecule has 0 heterocycles. The minimum Gasteiger partial charge on any atom is -0.362 e. The van der Waals surface area contributed by atoms with E-state index in [1.807, 2.05) is 0 Å². The molecule has 126 valence electrons. The second-order valence-electron chi connectivity index (χ2n) is 4.76. The zero-order valence-corrected chi connectivity index (χ0v) is 14.3. The van der Waals surface area contributed by atoms with Crippen molar-refractivity contribution in [2.75, 3.05) is 5.32 Å². The standard InChI is InChI=1S/C15H12Cl3N3O3/c16-15(17,18)14(20-13(22)10-4-2-1-3-5-10)19-11-6-8-12(9-7-11)21(23)24/h1-9,14,19H,(H,20,22). The topological polar surface area (TPSA) is 84.3 Å². The fraction of sp³-hybridized carbons (Fsp3) is 0.133. The van der Waals surface area contributed by atoms with Crippen LogP contribution in [0.5, 0.6) is 0 Å². The normalized spacial score (nSPS) is 12.3. The summed E-state index contributed by atoms with van der Waals surface area (Å²) in [5, 5.41) is 16.1. The van der Waals surface area contributed by atoms with Gasteiger partial charge in [-0.05, 0) is 24.3 Å². The molecule has 9 heteroatoms. The van der Waals surface area contributed by atoms with Gasteiger partial charge in [-0.1, -0.05) is 53.0 Å². The van der Waals surface area contributed by atoms with Gasteiger partial charge >= 0.3 is 0 Å². The lowest BCUT2D eigenvalue weighted by Crippen LogP contribution is -2.49. The number of hydrogen-bond acceptors (Lipinski definition) is 4. The van der Waals surface area contributed by atoms with Crippen LogP contribution in [0.2, 0.25) is 0 Å². The largest absolute Gasteiger partial charge is 0.362 e. The van der Waals surface area contributed by atoms with Crippen LogP contribution in [0.1, 0.15) is 10.4 Å². The SMILES string of the molecule is O=C(NC(Nc1ccc([N+](=O)[O-])cc1)C(Cl)(Cl)Cl)c1ccccc1. The van der Waals surface area contributed by atoms with Gasteiger partial charge in [-0.2, -0.15) is 0 Å². The van der Waals surface area contributed by atoms with Crippen molar-refractivity contribution in [3.63, 3.8) is 0 Å². The van der Waals surface area contributed by atoms with Gasteiger partial charge in [0.15, 0.2) is 0 Å². The van der Waals surface area contributed by atoms with Gasteiger partial charge in [0.2, 0.25) is 3.79 Å². The minimum absolute atomic E-state index is 0.0701. The molecule has 1 atom stereocenters. The smallest absolute Gasteiger partial charge is 0.269 e. The average molecular weight is 389 g/mol. The zero-order chi connectivity index (χ0) is 17.7. The molecule has 0 radical (unpaired) electrons. The number of anilines is 1. The highest BCUT2D eigenvalue weighted by molar-refractivity contribution is 6.68. The number of rotatable bonds is 5. The molecule has 0 bridgehead atoms. The van der Waals surface area contributed by atoms with Crippen molar-refractivity contribution in [2.24, 2.45) is 0 Å². The van der Waals surface area contributed by atoms with Crippen molar-refractivity contribution in [1.29, 1.82) is 0 Å². The van der Waals surface area contributed by atoms with Crippen LogP contribution in [0.15, 0.2) is 54.6 Å². The van der Waals surface area contributed by atoms with Gasteiger partial charge in [0.1, 0.15) is 6.17 Å². The maximum absolute atomic E-state index is 12.2. The first-order valence-electron chi connectivity index (χ1n) is 6.71. The number of nitro groups is 1. The van der Waals surface area contributed by atoms with E-state index >= 15 is 0 Å². The van der Waals surface area contributed by atoms with Gasteiger partial charge in [-0.15, -0.1) is 0 Å². The van der Waals surface area contributed by atoms with E-state index in [0.29, 0.717) is 11.3 Å². The molecule has 0 aliphatic heterocycles. The summed E-state index contributed by atoms with van der Waals surface area (Å²) < 4.78 is -1.84. The number of alkyl halides is 3. The number of nitro benzene ring substituents is 1. The van der Waals surface area contributed by atoms with Gasteiger partial charge in [-0.25, -0.2) is 0 Å². The molecule has 0 fully saturated rings. The molecule has 2 aromatic rings. The summed E-state index contributed by atoms with van der Waals surface area (Å²) in [5.41, 5.74) is 0.784. The lowest BCUT2D eigenvalue weighted by molar-refractivity contribution is -0.384. The maximum Gasteiger partial charge on any atom is 0.269 e. The Bertz CT molecular complexity index is 718. The van der Waals surface area contributed by atoms with Crippen LogP contribution in [0.3, 0.4) is 0 Å². The highest BCUT2D eigenvalue weighted by Crippen LogP contribution is 2.31. The molecule has 0 aliphatic carbocycles. The number of non-ortho nitro benzene ring substituents is 1. The lowest BCUT2D eigenvalue weighted by Gasteiger charge is -2.27. The molecule has 2 aromatic carbocycles. The predicted octanol–water partition coefficient (Wildman–Crippen LogP) is 4.13. The molecule has 2 N–H and O–H groups in total. The van der Waals surface area contributed by atoms with Crippen LogP contribution >= 0.6 is 34.8 Å². The van der Waals surface area contributed by atoms with Crippen LogP contribution in [0.4, 0.5) is 11.4 Å². The zero-order valence-electron chi connectivity index (χ0n) is 12.1. The fourth-order valence-corrected chi connectivity index (χ4v) is 2.18. The molecule has 2 rings (SSSR count). The van der Waals surface area contributed by atoms with Crippen molar-refractivity contribution in [1.82, 2.24) is 5.32 Å². The molecule has 0 aromatic heterocycles. The first kappa shape index (κ1) is 18.3. The van der Waals surface area contributed by atoms with Crippen molar-refractivity contribution in [3.05, 3.63) is 70.3 Å². The number of nitrogens with one attached hydrogen (secondary N) is 2. The van der Waals surface area contributed by atoms with Crippen LogP contribution in [-0.2, 0) is 0 Å². The third kappa shape index (κ3) is 4.99. The Morgan fingerprint density at radius 1 is 1.04 bits per heavy atom. The monoisotopic (exact) mass is 387 g/mol. The van der Waals surface area contributed by atoms with E-state index in [0.717, 1.165) is 0 Å². The molecule has 0 saturated carbocycles. The third-order valence-corrected chi connectivity index (χ3v) is 3.68. The molecule has 0 aliphatic rings. The maximum atomic E-state index is 12.2. The summed E-state index contributed by atoms with van der Waals surface area (Å²) in [7, 11) is 0. The highest BCUT2D eigenvalue weighted by Gasteiger charge is 2.34. The second-order valence-corrected chi connectivity index (χ2v) is 7.13. The van der Waals surface area contributed by atoms with Crippen molar-refractivity contribution in [3.8, 4) is 0 Å². The highest BCUT2D eigenvalue weighted by atomic mass is 35.6. The van der Waals surface area contributed by atoms with Crippen LogP contribution in [0, 0.1) is 10.1 Å². The minimum atomic E-state index is -1.84. The molecular formula is C15H12Cl3N3O3. The van der Waals surface area contributed by atoms with E-state index in [1.54, 1.807) is 30.3 Å². The van der Waals surface area contributed by atoms with Crippen molar-refractivity contribution >= 4 is 52.1 Å². The summed E-state index contributed by atoms with van der Waals surface area (Å²) in [6, 6.07) is 14.0. The number of carbonyl (C=O) groups excluding carboxylic acids is 1. The number of hydrogen-bond donors (Lipinski definition) is 2. The van der Waals surface area contributed by atoms with Crippen molar-refractivity contribution in [2.45, 2.75) is 9.96 Å². The van der Waals surface area contributed by atoms with Crippen LogP contribution in [-0.4, -0.2) is 20.8 Å². The number of amides is 1. The van der Waals surface area contributed by atoms with Crippen LogP contribution < -0.4 is 10.6 Å². The van der Waals surface area contributed by atoms with E-state index in [-0.39, 0.29) is 5.69 Å². The molecule has 0 spiro atoms. The second kappa shape index (κ2) is 7.70. The molecular weight excluding hydrogens is 377 g/mol. The number of halogens is 3. The van der Waals surface area contributed by atoms with Crippen LogP contribution in [0.25, 0.3) is 0 Å². The lowest BCUT2D eigenvalue weighted by atomic mass is 10.2. The Hall–Kier alpha value is -2.02. The molecule has 6 nitrogen and oxygen atoms in total. The Morgan fingerprint density at radius 2 is 1.62 bits per heavy atom. The molecule has 0 saturated heterocycles. The van der Waals surface area contributed by atoms with Gasteiger partial charge in [0, 0.05) is 23.4 Å². The summed E-state index contributed by atoms with van der Waals surface area (Å²) >= 11 is 17.7. The van der Waals surface area contributed by atoms with Gasteiger partial charge in [0.05, 0.1) is 4.92 Å². The summed E-state index contributed by atoms with van der Waals surface area (Å²) in [6.07, 6.45) is -1.04. The Morgan fingerprint density at radius 3 is 2.12 bits per heavy atom. The Labute approximate surface area is 152 Å². The number of carbonyl (C=O) groups is 1. The van der Waals surface area contributed by atoms with E-state index in [4.69, 9.17) is 34.8 Å². The molecule has 24 heavy (non-hydrogen) atoms. The summed E-state index contributed by atoms with van der Waals surface area (Å²) in [5.74, 6) is -0.429. The molecule has 1 unspecified atom stereocenters. The van der Waals surface area contributed by atoms with E-state index in [2.05, 4.69) is 10.6 Å². The van der Waals surface area contributed by atoms with E-state index in [9.17, 15) is 14.9 Å². The third-order valence-electron chi connectivity index (χ3n) is 3.03. The van der Waals surface area contributed by atoms with E-state index < -0.39 is 20.8 Å². The quantitative estimate of drug-likeness (QED) is 0.349. The number of nitrogens with zero attached hydrogens (tertiary/aromatic N) is 1. The predicted molar refractivity (Wildman–Crippen MR) is 94.7 cm³/mol. The average Bonchev–Trinajstić information content (AvgIpc) is 2.54. The van der Waals surface area contributed by atoms with E-state index in [1.165, 1.54) is 24.3 Å². The van der Waals surface area contributed by atoms with Crippen molar-refractivity contribution < 1.29 is 9.72 Å². The fourth-order valence-electron chi connectivity index (χ4n) is 1.85. The number of benzene rings is 2. The summed E-state index contributed by atoms with van der Waals surface area (Å²) in [6.45, 7) is 0. The Kier molecular flexibility index (Phi) is 5.88. The first-order chi connectivity index (χ1) is 11.3. The van der Waals surface area contributed by atoms with Gasteiger partial charge < -0.3 is 10.6 Å².